The van der Waals surface area contributed by atoms with Gasteiger partial charge in [-0.05, 0) is 53.4 Å². The normalized spacial score (nSPS) is 27.0. The lowest BCUT2D eigenvalue weighted by atomic mass is 9.73. The Morgan fingerprint density at radius 1 is 1.41 bits per heavy atom. The molecule has 1 aliphatic rings. The van der Waals surface area contributed by atoms with Crippen molar-refractivity contribution < 1.29 is 0 Å². The Kier molecular flexibility index (Phi) is 5.07. The van der Waals surface area contributed by atoms with Crippen LogP contribution in [0.15, 0.2) is 15.9 Å². The van der Waals surface area contributed by atoms with Gasteiger partial charge < -0.3 is 5.32 Å². The van der Waals surface area contributed by atoms with Crippen LogP contribution >= 0.6 is 27.3 Å². The number of thiophene rings is 1. The van der Waals surface area contributed by atoms with Gasteiger partial charge in [0.2, 0.25) is 0 Å². The van der Waals surface area contributed by atoms with Gasteiger partial charge in [0.1, 0.15) is 0 Å². The maximum Gasteiger partial charge on any atom is 0.0701 e. The Morgan fingerprint density at radius 3 is 2.76 bits per heavy atom. The molecule has 1 aliphatic carbocycles. The fourth-order valence-electron chi connectivity index (χ4n) is 3.24. The second kappa shape index (κ2) is 6.35. The van der Waals surface area contributed by atoms with Crippen molar-refractivity contribution in [1.29, 1.82) is 0 Å². The minimum atomic E-state index is 0.552. The van der Waals surface area contributed by atoms with Crippen molar-refractivity contribution in [3.63, 3.8) is 0 Å². The number of halogens is 1. The maximum absolute atomic E-state index is 3.58. The van der Waals surface area contributed by atoms with Crippen LogP contribution in [0.5, 0.6) is 0 Å². The standard InChI is InChI=1S/C14H22BrNS/c1-3-10-6-4-5-7-11(10)14(16-2)12-8-9-13(15)17-12/h8-11,14,16H,3-7H2,1-2H3. The van der Waals surface area contributed by atoms with Crippen molar-refractivity contribution in [1.82, 2.24) is 5.32 Å². The molecule has 0 saturated heterocycles. The molecule has 1 aromatic rings. The van der Waals surface area contributed by atoms with Crippen LogP contribution in [-0.2, 0) is 0 Å². The Morgan fingerprint density at radius 2 is 2.18 bits per heavy atom. The monoisotopic (exact) mass is 315 g/mol. The highest BCUT2D eigenvalue weighted by molar-refractivity contribution is 9.11. The van der Waals surface area contributed by atoms with Gasteiger partial charge in [0.15, 0.2) is 0 Å². The van der Waals surface area contributed by atoms with E-state index in [-0.39, 0.29) is 0 Å². The Labute approximate surface area is 117 Å². The number of rotatable bonds is 4. The van der Waals surface area contributed by atoms with E-state index in [2.05, 4.69) is 47.4 Å². The highest BCUT2D eigenvalue weighted by Crippen LogP contribution is 2.42. The topological polar surface area (TPSA) is 12.0 Å². The molecule has 0 bridgehead atoms. The predicted octanol–water partition coefficient (Wildman–Crippen LogP) is 4.99. The molecule has 1 N–H and O–H groups in total. The summed E-state index contributed by atoms with van der Waals surface area (Å²) in [5, 5.41) is 3.56. The van der Waals surface area contributed by atoms with E-state index < -0.39 is 0 Å². The minimum Gasteiger partial charge on any atom is -0.312 e. The molecule has 17 heavy (non-hydrogen) atoms. The second-order valence-corrected chi connectivity index (χ2v) is 7.52. The van der Waals surface area contributed by atoms with Crippen LogP contribution in [0.1, 0.15) is 49.9 Å². The number of nitrogens with one attached hydrogen (secondary N) is 1. The molecule has 1 aromatic heterocycles. The number of hydrogen-bond donors (Lipinski definition) is 1. The van der Waals surface area contributed by atoms with Crippen molar-refractivity contribution in [2.75, 3.05) is 7.05 Å². The first-order chi connectivity index (χ1) is 8.26. The van der Waals surface area contributed by atoms with E-state index in [1.807, 2.05) is 11.3 Å². The first-order valence-electron chi connectivity index (χ1n) is 6.68. The van der Waals surface area contributed by atoms with Gasteiger partial charge in [-0.3, -0.25) is 0 Å². The zero-order chi connectivity index (χ0) is 12.3. The molecule has 2 rings (SSSR count). The molecular formula is C14H22BrNS. The van der Waals surface area contributed by atoms with Crippen LogP contribution < -0.4 is 5.32 Å². The van der Waals surface area contributed by atoms with Crippen LogP contribution in [0, 0.1) is 11.8 Å². The van der Waals surface area contributed by atoms with E-state index in [4.69, 9.17) is 0 Å². The van der Waals surface area contributed by atoms with Crippen LogP contribution in [0.25, 0.3) is 0 Å². The molecule has 96 valence electrons. The van der Waals surface area contributed by atoms with Gasteiger partial charge in [-0.15, -0.1) is 11.3 Å². The number of hydrogen-bond acceptors (Lipinski definition) is 2. The molecule has 0 aromatic carbocycles. The first-order valence-corrected chi connectivity index (χ1v) is 8.29. The quantitative estimate of drug-likeness (QED) is 0.825. The van der Waals surface area contributed by atoms with Gasteiger partial charge in [0.25, 0.3) is 0 Å². The van der Waals surface area contributed by atoms with Crippen LogP contribution in [0.4, 0.5) is 0 Å². The smallest absolute Gasteiger partial charge is 0.0701 e. The van der Waals surface area contributed by atoms with Crippen molar-refractivity contribution >= 4 is 27.3 Å². The lowest BCUT2D eigenvalue weighted by Crippen LogP contribution is -2.32. The van der Waals surface area contributed by atoms with E-state index >= 15 is 0 Å². The molecule has 0 amide bonds. The Balaban J connectivity index is 2.16. The van der Waals surface area contributed by atoms with E-state index in [0.717, 1.165) is 11.8 Å². The summed E-state index contributed by atoms with van der Waals surface area (Å²) >= 11 is 5.46. The average Bonchev–Trinajstić information content (AvgIpc) is 2.77. The van der Waals surface area contributed by atoms with Crippen molar-refractivity contribution in [3.05, 3.63) is 20.8 Å². The van der Waals surface area contributed by atoms with Gasteiger partial charge >= 0.3 is 0 Å². The Hall–Kier alpha value is 0.140. The summed E-state index contributed by atoms with van der Waals surface area (Å²) in [6, 6.07) is 5.00. The zero-order valence-corrected chi connectivity index (χ0v) is 13.1. The highest BCUT2D eigenvalue weighted by Gasteiger charge is 2.31. The fraction of sp³-hybridized carbons (Fsp3) is 0.714. The summed E-state index contributed by atoms with van der Waals surface area (Å²) in [7, 11) is 2.11. The van der Waals surface area contributed by atoms with Crippen LogP contribution in [0.2, 0.25) is 0 Å². The summed E-state index contributed by atoms with van der Waals surface area (Å²) < 4.78 is 1.25. The van der Waals surface area contributed by atoms with Gasteiger partial charge in [0, 0.05) is 10.9 Å². The van der Waals surface area contributed by atoms with Crippen LogP contribution in [0.3, 0.4) is 0 Å². The molecule has 3 heteroatoms. The van der Waals surface area contributed by atoms with Gasteiger partial charge in [-0.2, -0.15) is 0 Å². The largest absolute Gasteiger partial charge is 0.312 e. The summed E-state index contributed by atoms with van der Waals surface area (Å²) in [6.45, 7) is 2.35. The summed E-state index contributed by atoms with van der Waals surface area (Å²) in [5.41, 5.74) is 0. The molecule has 3 atom stereocenters. The summed E-state index contributed by atoms with van der Waals surface area (Å²) in [5.74, 6) is 1.73. The Bertz CT molecular complexity index is 350. The molecule has 1 heterocycles. The van der Waals surface area contributed by atoms with Gasteiger partial charge in [-0.1, -0.05) is 32.6 Å². The van der Waals surface area contributed by atoms with Crippen molar-refractivity contribution in [3.8, 4) is 0 Å². The molecular weight excluding hydrogens is 294 g/mol. The van der Waals surface area contributed by atoms with Crippen molar-refractivity contribution in [2.24, 2.45) is 11.8 Å². The lowest BCUT2D eigenvalue weighted by Gasteiger charge is -2.36. The molecule has 1 saturated carbocycles. The molecule has 1 nitrogen and oxygen atoms in total. The summed E-state index contributed by atoms with van der Waals surface area (Å²) in [6.07, 6.45) is 6.98. The third kappa shape index (κ3) is 3.12. The summed E-state index contributed by atoms with van der Waals surface area (Å²) in [4.78, 5) is 1.49. The molecule has 1 fully saturated rings. The second-order valence-electron chi connectivity index (χ2n) is 5.02. The minimum absolute atomic E-state index is 0.552. The van der Waals surface area contributed by atoms with E-state index in [1.165, 1.54) is 40.8 Å². The van der Waals surface area contributed by atoms with E-state index in [1.54, 1.807) is 0 Å². The van der Waals surface area contributed by atoms with E-state index in [0.29, 0.717) is 6.04 Å². The fourth-order valence-corrected chi connectivity index (χ4v) is 4.85. The first kappa shape index (κ1) is 13.6. The predicted molar refractivity (Wildman–Crippen MR) is 79.6 cm³/mol. The molecule has 3 unspecified atom stereocenters. The average molecular weight is 316 g/mol. The van der Waals surface area contributed by atoms with Crippen LogP contribution in [-0.4, -0.2) is 7.05 Å². The van der Waals surface area contributed by atoms with Gasteiger partial charge in [-0.25, -0.2) is 0 Å². The molecule has 0 aliphatic heterocycles. The SMILES string of the molecule is CCC1CCCCC1C(NC)c1ccc(Br)s1. The van der Waals surface area contributed by atoms with E-state index in [9.17, 15) is 0 Å². The third-order valence-corrected chi connectivity index (χ3v) is 5.84. The third-order valence-electron chi connectivity index (χ3n) is 4.13. The molecule has 0 spiro atoms. The van der Waals surface area contributed by atoms with Gasteiger partial charge in [0.05, 0.1) is 3.79 Å². The lowest BCUT2D eigenvalue weighted by molar-refractivity contribution is 0.182. The zero-order valence-electron chi connectivity index (χ0n) is 10.7. The molecule has 0 radical (unpaired) electrons. The highest BCUT2D eigenvalue weighted by atomic mass is 79.9. The maximum atomic E-state index is 3.58. The van der Waals surface area contributed by atoms with Crippen molar-refractivity contribution in [2.45, 2.75) is 45.1 Å².